The van der Waals surface area contributed by atoms with E-state index in [0.717, 1.165) is 31.4 Å². The number of carbonyl (C=O) groups excluding carboxylic acids is 2. The van der Waals surface area contributed by atoms with Crippen LogP contribution in [0, 0.1) is 0 Å². The van der Waals surface area contributed by atoms with E-state index in [9.17, 15) is 9.59 Å². The smallest absolute Gasteiger partial charge is 0.318 e. The van der Waals surface area contributed by atoms with Crippen molar-refractivity contribution in [2.24, 2.45) is 5.73 Å². The molecule has 3 amide bonds. The standard InChI is InChI=1S/C15H21N3O3/c1-2-17-12-7-3-6-11-10(12)5-4-8-13(11)21-9-14(19)18-15(16)20/h4-5,8,12,17H,2-3,6-7,9H2,1H3,(H3,16,18,19,20). The Balaban J connectivity index is 2.09. The molecule has 1 aliphatic carbocycles. The Morgan fingerprint density at radius 2 is 2.24 bits per heavy atom. The van der Waals surface area contributed by atoms with E-state index in [1.54, 1.807) is 0 Å². The molecule has 0 fully saturated rings. The van der Waals surface area contributed by atoms with Crippen molar-refractivity contribution in [2.75, 3.05) is 13.2 Å². The molecule has 1 atom stereocenters. The van der Waals surface area contributed by atoms with Crippen LogP contribution < -0.4 is 21.1 Å². The fourth-order valence-electron chi connectivity index (χ4n) is 2.73. The van der Waals surface area contributed by atoms with Crippen molar-refractivity contribution in [1.82, 2.24) is 10.6 Å². The van der Waals surface area contributed by atoms with Crippen LogP contribution >= 0.6 is 0 Å². The molecule has 1 unspecified atom stereocenters. The SMILES string of the molecule is CCNC1CCCc2c(OCC(=O)NC(N)=O)cccc21. The van der Waals surface area contributed by atoms with Crippen LogP contribution in [-0.4, -0.2) is 25.1 Å². The molecule has 6 heteroatoms. The number of ether oxygens (including phenoxy) is 1. The number of hydrogen-bond acceptors (Lipinski definition) is 4. The number of fused-ring (bicyclic) bond motifs is 1. The number of benzene rings is 1. The molecular formula is C15H21N3O3. The van der Waals surface area contributed by atoms with Gasteiger partial charge in [0.2, 0.25) is 0 Å². The zero-order chi connectivity index (χ0) is 15.2. The van der Waals surface area contributed by atoms with Gasteiger partial charge in [-0.2, -0.15) is 0 Å². The Hall–Kier alpha value is -2.08. The first-order chi connectivity index (χ1) is 10.1. The van der Waals surface area contributed by atoms with Gasteiger partial charge in [-0.3, -0.25) is 10.1 Å². The van der Waals surface area contributed by atoms with E-state index in [4.69, 9.17) is 10.5 Å². The van der Waals surface area contributed by atoms with Crippen molar-refractivity contribution >= 4 is 11.9 Å². The van der Waals surface area contributed by atoms with E-state index in [1.165, 1.54) is 5.56 Å². The summed E-state index contributed by atoms with van der Waals surface area (Å²) < 4.78 is 5.55. The topological polar surface area (TPSA) is 93.4 Å². The van der Waals surface area contributed by atoms with Gasteiger partial charge in [0.15, 0.2) is 6.61 Å². The van der Waals surface area contributed by atoms with Crippen LogP contribution in [0.1, 0.15) is 36.9 Å². The van der Waals surface area contributed by atoms with Crippen molar-refractivity contribution in [3.8, 4) is 5.75 Å². The maximum atomic E-state index is 11.4. The molecule has 114 valence electrons. The lowest BCUT2D eigenvalue weighted by atomic mass is 9.87. The second-order valence-corrected chi connectivity index (χ2v) is 5.03. The molecule has 0 aromatic heterocycles. The molecule has 1 aromatic carbocycles. The monoisotopic (exact) mass is 291 g/mol. The van der Waals surface area contributed by atoms with Crippen LogP contribution in [0.25, 0.3) is 0 Å². The Morgan fingerprint density at radius 3 is 2.95 bits per heavy atom. The summed E-state index contributed by atoms with van der Waals surface area (Å²) in [7, 11) is 0. The van der Waals surface area contributed by atoms with Crippen molar-refractivity contribution in [2.45, 2.75) is 32.2 Å². The van der Waals surface area contributed by atoms with Gasteiger partial charge in [-0.15, -0.1) is 0 Å². The van der Waals surface area contributed by atoms with Crippen LogP contribution in [0.3, 0.4) is 0 Å². The predicted molar refractivity (Wildman–Crippen MR) is 79.0 cm³/mol. The Kier molecular flexibility index (Phi) is 5.16. The van der Waals surface area contributed by atoms with Gasteiger partial charge in [0, 0.05) is 6.04 Å². The first-order valence-corrected chi connectivity index (χ1v) is 7.19. The van der Waals surface area contributed by atoms with E-state index in [1.807, 2.05) is 17.4 Å². The van der Waals surface area contributed by atoms with E-state index in [-0.39, 0.29) is 6.61 Å². The number of rotatable bonds is 5. The average molecular weight is 291 g/mol. The highest BCUT2D eigenvalue weighted by atomic mass is 16.5. The summed E-state index contributed by atoms with van der Waals surface area (Å²) in [5, 5.41) is 5.45. The third kappa shape index (κ3) is 3.95. The molecule has 0 spiro atoms. The van der Waals surface area contributed by atoms with Crippen molar-refractivity contribution in [3.05, 3.63) is 29.3 Å². The third-order valence-corrected chi connectivity index (χ3v) is 3.54. The van der Waals surface area contributed by atoms with E-state index in [2.05, 4.69) is 18.3 Å². The number of nitrogens with one attached hydrogen (secondary N) is 2. The second kappa shape index (κ2) is 7.08. The van der Waals surface area contributed by atoms with Gasteiger partial charge in [0.05, 0.1) is 0 Å². The lowest BCUT2D eigenvalue weighted by molar-refractivity contribution is -0.121. The Bertz CT molecular complexity index is 531. The molecular weight excluding hydrogens is 270 g/mol. The summed E-state index contributed by atoms with van der Waals surface area (Å²) in [6, 6.07) is 5.34. The molecule has 0 saturated carbocycles. The molecule has 4 N–H and O–H groups in total. The quantitative estimate of drug-likeness (QED) is 0.761. The summed E-state index contributed by atoms with van der Waals surface area (Å²) in [5.41, 5.74) is 7.26. The minimum absolute atomic E-state index is 0.217. The number of hydrogen-bond donors (Lipinski definition) is 3. The van der Waals surface area contributed by atoms with Gasteiger partial charge in [-0.25, -0.2) is 4.79 Å². The molecule has 21 heavy (non-hydrogen) atoms. The van der Waals surface area contributed by atoms with Crippen molar-refractivity contribution in [3.63, 3.8) is 0 Å². The number of carbonyl (C=O) groups is 2. The maximum Gasteiger partial charge on any atom is 0.318 e. The minimum atomic E-state index is -0.870. The highest BCUT2D eigenvalue weighted by Gasteiger charge is 2.22. The van der Waals surface area contributed by atoms with Gasteiger partial charge >= 0.3 is 6.03 Å². The lowest BCUT2D eigenvalue weighted by Crippen LogP contribution is -2.38. The van der Waals surface area contributed by atoms with Gasteiger partial charge in [-0.05, 0) is 43.0 Å². The van der Waals surface area contributed by atoms with Crippen LogP contribution in [0.15, 0.2) is 18.2 Å². The van der Waals surface area contributed by atoms with Crippen LogP contribution in [-0.2, 0) is 11.2 Å². The molecule has 0 radical (unpaired) electrons. The summed E-state index contributed by atoms with van der Waals surface area (Å²) in [4.78, 5) is 22.0. The average Bonchev–Trinajstić information content (AvgIpc) is 2.45. The number of imide groups is 1. The van der Waals surface area contributed by atoms with Crippen LogP contribution in [0.4, 0.5) is 4.79 Å². The van der Waals surface area contributed by atoms with E-state index >= 15 is 0 Å². The molecule has 0 aliphatic heterocycles. The maximum absolute atomic E-state index is 11.4. The van der Waals surface area contributed by atoms with Crippen LogP contribution in [0.5, 0.6) is 5.75 Å². The van der Waals surface area contributed by atoms with Crippen molar-refractivity contribution in [1.29, 1.82) is 0 Å². The number of primary amides is 1. The van der Waals surface area contributed by atoms with E-state index in [0.29, 0.717) is 11.8 Å². The first-order valence-electron chi connectivity index (χ1n) is 7.19. The molecule has 0 heterocycles. The zero-order valence-electron chi connectivity index (χ0n) is 12.1. The summed E-state index contributed by atoms with van der Waals surface area (Å²) in [6.07, 6.45) is 3.12. The molecule has 1 aromatic rings. The van der Waals surface area contributed by atoms with Crippen molar-refractivity contribution < 1.29 is 14.3 Å². The van der Waals surface area contributed by atoms with Gasteiger partial charge in [0.1, 0.15) is 5.75 Å². The highest BCUT2D eigenvalue weighted by molar-refractivity contribution is 5.94. The number of urea groups is 1. The minimum Gasteiger partial charge on any atom is -0.483 e. The molecule has 6 nitrogen and oxygen atoms in total. The van der Waals surface area contributed by atoms with Crippen LogP contribution in [0.2, 0.25) is 0 Å². The number of amides is 3. The molecule has 1 aliphatic rings. The molecule has 0 bridgehead atoms. The van der Waals surface area contributed by atoms with Gasteiger partial charge in [-0.1, -0.05) is 19.1 Å². The van der Waals surface area contributed by atoms with Gasteiger partial charge in [0.25, 0.3) is 5.91 Å². The zero-order valence-corrected chi connectivity index (χ0v) is 12.1. The van der Waals surface area contributed by atoms with E-state index < -0.39 is 11.9 Å². The fraction of sp³-hybridized carbons (Fsp3) is 0.467. The largest absolute Gasteiger partial charge is 0.483 e. The molecule has 2 rings (SSSR count). The molecule has 0 saturated heterocycles. The fourth-order valence-corrected chi connectivity index (χ4v) is 2.73. The second-order valence-electron chi connectivity index (χ2n) is 5.03. The lowest BCUT2D eigenvalue weighted by Gasteiger charge is -2.27. The van der Waals surface area contributed by atoms with Gasteiger partial charge < -0.3 is 15.8 Å². The summed E-state index contributed by atoms with van der Waals surface area (Å²) in [6.45, 7) is 2.78. The third-order valence-electron chi connectivity index (χ3n) is 3.54. The summed E-state index contributed by atoms with van der Waals surface area (Å²) in [5.74, 6) is 0.161. The Morgan fingerprint density at radius 1 is 1.43 bits per heavy atom. The number of nitrogens with two attached hydrogens (primary N) is 1. The highest BCUT2D eigenvalue weighted by Crippen LogP contribution is 2.35. The normalized spacial score (nSPS) is 16.9. The summed E-state index contributed by atoms with van der Waals surface area (Å²) >= 11 is 0. The Labute approximate surface area is 124 Å². The first kappa shape index (κ1) is 15.3. The predicted octanol–water partition coefficient (Wildman–Crippen LogP) is 1.25.